The number of aromatic nitrogens is 2. The van der Waals surface area contributed by atoms with Crippen LogP contribution in [0.15, 0.2) is 42.5 Å². The van der Waals surface area contributed by atoms with E-state index in [-0.39, 0.29) is 24.1 Å². The maximum Gasteiger partial charge on any atom is 0.269 e. The minimum atomic E-state index is -0.317. The molecule has 0 radical (unpaired) electrons. The van der Waals surface area contributed by atoms with Gasteiger partial charge in [-0.15, -0.1) is 0 Å². The number of H-pyrrole nitrogens is 1. The molecule has 2 heterocycles. The van der Waals surface area contributed by atoms with Crippen LogP contribution in [0.3, 0.4) is 0 Å². The summed E-state index contributed by atoms with van der Waals surface area (Å²) in [6.45, 7) is 0.532. The second-order valence-electron chi connectivity index (χ2n) is 5.70. The largest absolute Gasteiger partial charge is 0.507 e. The maximum atomic E-state index is 12.3. The van der Waals surface area contributed by atoms with Crippen molar-refractivity contribution in [3.05, 3.63) is 58.7 Å². The molecule has 0 atom stereocenters. The standard InChI is InChI=1S/C18H14ClN3O4/c19-11-2-3-15(23)12(6-11)13-7-14(22-21-13)18(24)20-8-10-1-4-16-17(5-10)26-9-25-16/h1-7,23H,8-9H2,(H,20,24)(H,21,22). The van der Waals surface area contributed by atoms with Crippen LogP contribution in [0.1, 0.15) is 16.1 Å². The molecular formula is C18H14ClN3O4. The molecule has 1 aromatic heterocycles. The van der Waals surface area contributed by atoms with Crippen LogP contribution in [0.2, 0.25) is 5.02 Å². The van der Waals surface area contributed by atoms with E-state index >= 15 is 0 Å². The zero-order valence-electron chi connectivity index (χ0n) is 13.5. The third-order valence-electron chi connectivity index (χ3n) is 3.95. The lowest BCUT2D eigenvalue weighted by Crippen LogP contribution is -2.23. The molecule has 0 spiro atoms. The second kappa shape index (κ2) is 6.61. The summed E-state index contributed by atoms with van der Waals surface area (Å²) in [6, 6.07) is 11.7. The Morgan fingerprint density at radius 1 is 1.19 bits per heavy atom. The molecule has 132 valence electrons. The molecule has 8 heteroatoms. The summed E-state index contributed by atoms with van der Waals surface area (Å²) < 4.78 is 10.6. The van der Waals surface area contributed by atoms with Gasteiger partial charge in [0.05, 0.1) is 5.69 Å². The number of aromatic amines is 1. The van der Waals surface area contributed by atoms with Crippen LogP contribution in [0.5, 0.6) is 17.2 Å². The van der Waals surface area contributed by atoms with Crippen LogP contribution >= 0.6 is 11.6 Å². The van der Waals surface area contributed by atoms with Gasteiger partial charge in [-0.3, -0.25) is 9.89 Å². The molecule has 7 nitrogen and oxygen atoms in total. The number of aromatic hydroxyl groups is 1. The van der Waals surface area contributed by atoms with E-state index in [1.54, 1.807) is 24.3 Å². The van der Waals surface area contributed by atoms with Crippen LogP contribution in [0, 0.1) is 0 Å². The Kier molecular flexibility index (Phi) is 4.14. The smallest absolute Gasteiger partial charge is 0.269 e. The van der Waals surface area contributed by atoms with Crippen molar-refractivity contribution in [2.45, 2.75) is 6.54 Å². The predicted octanol–water partition coefficient (Wildman–Crippen LogP) is 3.09. The molecular weight excluding hydrogens is 358 g/mol. The lowest BCUT2D eigenvalue weighted by atomic mass is 10.1. The summed E-state index contributed by atoms with van der Waals surface area (Å²) in [5.41, 5.74) is 2.04. The van der Waals surface area contributed by atoms with Crippen LogP contribution in [-0.4, -0.2) is 28.0 Å². The molecule has 3 aromatic rings. The van der Waals surface area contributed by atoms with Crippen LogP contribution < -0.4 is 14.8 Å². The number of fused-ring (bicyclic) bond motifs is 1. The van der Waals surface area contributed by atoms with Crippen molar-refractivity contribution in [3.8, 4) is 28.5 Å². The number of ether oxygens (including phenoxy) is 2. The third-order valence-corrected chi connectivity index (χ3v) is 4.18. The molecule has 0 aliphatic carbocycles. The quantitative estimate of drug-likeness (QED) is 0.655. The normalized spacial score (nSPS) is 12.2. The summed E-state index contributed by atoms with van der Waals surface area (Å²) in [5, 5.41) is 19.9. The van der Waals surface area contributed by atoms with Crippen molar-refractivity contribution >= 4 is 17.5 Å². The Labute approximate surface area is 153 Å². The van der Waals surface area contributed by atoms with Gasteiger partial charge in [0.25, 0.3) is 5.91 Å². The van der Waals surface area contributed by atoms with Gasteiger partial charge in [0.2, 0.25) is 6.79 Å². The van der Waals surface area contributed by atoms with Crippen molar-refractivity contribution in [3.63, 3.8) is 0 Å². The summed E-state index contributed by atoms with van der Waals surface area (Å²) >= 11 is 5.95. The Bertz CT molecular complexity index is 986. The van der Waals surface area contributed by atoms with E-state index in [1.165, 1.54) is 6.07 Å². The van der Waals surface area contributed by atoms with E-state index in [4.69, 9.17) is 21.1 Å². The molecule has 26 heavy (non-hydrogen) atoms. The van der Waals surface area contributed by atoms with E-state index < -0.39 is 0 Å². The minimum absolute atomic E-state index is 0.0354. The Balaban J connectivity index is 1.46. The van der Waals surface area contributed by atoms with Gasteiger partial charge in [0.1, 0.15) is 11.4 Å². The lowest BCUT2D eigenvalue weighted by molar-refractivity contribution is 0.0946. The average Bonchev–Trinajstić information content (AvgIpc) is 3.30. The number of rotatable bonds is 4. The third kappa shape index (κ3) is 3.16. The number of nitrogens with one attached hydrogen (secondary N) is 2. The van der Waals surface area contributed by atoms with Gasteiger partial charge in [-0.25, -0.2) is 0 Å². The fourth-order valence-electron chi connectivity index (χ4n) is 2.62. The molecule has 0 fully saturated rings. The number of hydrogen-bond acceptors (Lipinski definition) is 5. The van der Waals surface area contributed by atoms with Crippen LogP contribution in [-0.2, 0) is 6.54 Å². The fourth-order valence-corrected chi connectivity index (χ4v) is 2.79. The van der Waals surface area contributed by atoms with Gasteiger partial charge in [-0.2, -0.15) is 5.10 Å². The van der Waals surface area contributed by atoms with Crippen molar-refractivity contribution in [2.24, 2.45) is 0 Å². The molecule has 4 rings (SSSR count). The first-order valence-electron chi connectivity index (χ1n) is 7.81. The molecule has 0 bridgehead atoms. The lowest BCUT2D eigenvalue weighted by Gasteiger charge is -2.05. The molecule has 1 aliphatic rings. The highest BCUT2D eigenvalue weighted by molar-refractivity contribution is 6.30. The first-order chi connectivity index (χ1) is 12.6. The summed E-state index contributed by atoms with van der Waals surface area (Å²) in [4.78, 5) is 12.3. The van der Waals surface area contributed by atoms with Crippen LogP contribution in [0.25, 0.3) is 11.3 Å². The molecule has 1 amide bonds. The highest BCUT2D eigenvalue weighted by atomic mass is 35.5. The van der Waals surface area contributed by atoms with Crippen molar-refractivity contribution < 1.29 is 19.4 Å². The highest BCUT2D eigenvalue weighted by Crippen LogP contribution is 2.32. The van der Waals surface area contributed by atoms with Gasteiger partial charge in [0, 0.05) is 17.1 Å². The molecule has 3 N–H and O–H groups in total. The topological polar surface area (TPSA) is 96.5 Å². The first kappa shape index (κ1) is 16.3. The Morgan fingerprint density at radius 2 is 2.04 bits per heavy atom. The van der Waals surface area contributed by atoms with Crippen LogP contribution in [0.4, 0.5) is 0 Å². The number of amides is 1. The number of benzene rings is 2. The number of carbonyl (C=O) groups excluding carboxylic acids is 1. The van der Waals surface area contributed by atoms with Gasteiger partial charge in [-0.05, 0) is 42.0 Å². The van der Waals surface area contributed by atoms with E-state index in [0.717, 1.165) is 5.56 Å². The number of nitrogens with zero attached hydrogens (tertiary/aromatic N) is 1. The molecule has 2 aromatic carbocycles. The van der Waals surface area contributed by atoms with E-state index in [1.807, 2.05) is 12.1 Å². The average molecular weight is 372 g/mol. The van der Waals surface area contributed by atoms with Crippen molar-refractivity contribution in [1.29, 1.82) is 0 Å². The number of halogens is 1. The number of phenols is 1. The number of phenolic OH excluding ortho intramolecular Hbond substituents is 1. The molecule has 0 unspecified atom stereocenters. The molecule has 0 saturated carbocycles. The maximum absolute atomic E-state index is 12.3. The summed E-state index contributed by atoms with van der Waals surface area (Å²) in [5.74, 6) is 1.08. The van der Waals surface area contributed by atoms with E-state index in [2.05, 4.69) is 15.5 Å². The molecule has 0 saturated heterocycles. The zero-order valence-corrected chi connectivity index (χ0v) is 14.2. The number of hydrogen-bond donors (Lipinski definition) is 3. The van der Waals surface area contributed by atoms with E-state index in [0.29, 0.717) is 34.3 Å². The Morgan fingerprint density at radius 3 is 2.92 bits per heavy atom. The van der Waals surface area contributed by atoms with Gasteiger partial charge in [-0.1, -0.05) is 17.7 Å². The summed E-state index contributed by atoms with van der Waals surface area (Å²) in [7, 11) is 0. The monoisotopic (exact) mass is 371 g/mol. The molecule has 1 aliphatic heterocycles. The fraction of sp³-hybridized carbons (Fsp3) is 0.111. The predicted molar refractivity (Wildman–Crippen MR) is 94.4 cm³/mol. The van der Waals surface area contributed by atoms with Gasteiger partial charge >= 0.3 is 0 Å². The van der Waals surface area contributed by atoms with E-state index in [9.17, 15) is 9.90 Å². The SMILES string of the molecule is O=C(NCc1ccc2c(c1)OCO2)c1cc(-c2cc(Cl)ccc2O)n[nH]1. The Hall–Kier alpha value is -3.19. The minimum Gasteiger partial charge on any atom is -0.507 e. The second-order valence-corrected chi connectivity index (χ2v) is 6.14. The van der Waals surface area contributed by atoms with Gasteiger partial charge < -0.3 is 19.9 Å². The number of carbonyl (C=O) groups is 1. The van der Waals surface area contributed by atoms with Crippen molar-refractivity contribution in [2.75, 3.05) is 6.79 Å². The summed E-state index contributed by atoms with van der Waals surface area (Å²) in [6.07, 6.45) is 0. The zero-order chi connectivity index (χ0) is 18.1. The van der Waals surface area contributed by atoms with Gasteiger partial charge in [0.15, 0.2) is 11.5 Å². The van der Waals surface area contributed by atoms with Crippen molar-refractivity contribution in [1.82, 2.24) is 15.5 Å². The first-order valence-corrected chi connectivity index (χ1v) is 8.19. The highest BCUT2D eigenvalue weighted by Gasteiger charge is 2.15.